The second kappa shape index (κ2) is 21.8. The van der Waals surface area contributed by atoms with Crippen molar-refractivity contribution < 1.29 is 0 Å². The smallest absolute Gasteiger partial charge is 0.0257 e. The van der Waals surface area contributed by atoms with E-state index >= 15 is 0 Å². The molecular weight excluding hydrogens is 567 g/mol. The van der Waals surface area contributed by atoms with Crippen molar-refractivity contribution in [1.82, 2.24) is 0 Å². The van der Waals surface area contributed by atoms with Gasteiger partial charge >= 0.3 is 0 Å². The molecule has 0 aliphatic heterocycles. The largest absolute Gasteiger partial charge is 0.162 e. The first kappa shape index (κ1) is 29.6. The molecule has 164 valence electrons. The van der Waals surface area contributed by atoms with Gasteiger partial charge in [-0.1, -0.05) is 58.5 Å². The third-order valence-corrected chi connectivity index (χ3v) is 11.6. The first-order chi connectivity index (χ1) is 13.0. The number of unbranched alkanes of at least 4 members (excludes halogenated alkanes) is 2. The molecule has 4 atom stereocenters. The molecule has 0 aliphatic carbocycles. The number of halogens is 4. The highest BCUT2D eigenvalue weighted by atomic mass is 79.9. The molecule has 0 aromatic heterocycles. The summed E-state index contributed by atoms with van der Waals surface area (Å²) in [6.07, 6.45) is 7.99. The second-order valence-corrected chi connectivity index (χ2v) is 14.0. The second-order valence-electron chi connectivity index (χ2n) is 7.39. The number of alkyl halides is 4. The van der Waals surface area contributed by atoms with Crippen LogP contribution < -0.4 is 0 Å². The number of thioether (sulfide) groups is 3. The molecule has 0 aromatic carbocycles. The van der Waals surface area contributed by atoms with Crippen LogP contribution in [0.25, 0.3) is 0 Å². The highest BCUT2D eigenvalue weighted by Gasteiger charge is 2.07. The van der Waals surface area contributed by atoms with E-state index in [-0.39, 0.29) is 0 Å². The van der Waals surface area contributed by atoms with E-state index in [4.69, 9.17) is 23.2 Å². The Balaban J connectivity index is 3.30. The van der Waals surface area contributed by atoms with Gasteiger partial charge in [0.1, 0.15) is 0 Å². The van der Waals surface area contributed by atoms with Crippen LogP contribution in [0.1, 0.15) is 52.4 Å². The van der Waals surface area contributed by atoms with Crippen LogP contribution in [0.3, 0.4) is 0 Å². The summed E-state index contributed by atoms with van der Waals surface area (Å²) in [5.74, 6) is 10.2. The lowest BCUT2D eigenvalue weighted by atomic mass is 10.2. The summed E-state index contributed by atoms with van der Waals surface area (Å²) in [6.45, 7) is 4.45. The van der Waals surface area contributed by atoms with Crippen molar-refractivity contribution in [3.05, 3.63) is 0 Å². The molecule has 4 unspecified atom stereocenters. The summed E-state index contributed by atoms with van der Waals surface area (Å²) in [6, 6.07) is 0. The predicted octanol–water partition coefficient (Wildman–Crippen LogP) is 8.80. The SMILES string of the molecule is CC(CCl)CSCC(Br)CCCCSCCCCC(Br)CSCC(C)CCl. The monoisotopic (exact) mass is 602 g/mol. The number of hydrogen-bond donors (Lipinski definition) is 0. The maximum Gasteiger partial charge on any atom is 0.0257 e. The molecule has 0 amide bonds. The van der Waals surface area contributed by atoms with E-state index in [1.807, 2.05) is 23.5 Å². The summed E-state index contributed by atoms with van der Waals surface area (Å²) >= 11 is 25.5. The molecule has 0 bridgehead atoms. The number of hydrogen-bond acceptors (Lipinski definition) is 3. The maximum absolute atomic E-state index is 5.85. The Morgan fingerprint density at radius 2 is 1.04 bits per heavy atom. The van der Waals surface area contributed by atoms with Crippen LogP contribution in [0.4, 0.5) is 0 Å². The van der Waals surface area contributed by atoms with Crippen molar-refractivity contribution in [3.8, 4) is 0 Å². The molecule has 0 radical (unpaired) electrons. The predicted molar refractivity (Wildman–Crippen MR) is 145 cm³/mol. The Kier molecular flexibility index (Phi) is 23.9. The summed E-state index contributed by atoms with van der Waals surface area (Å²) in [4.78, 5) is 1.33. The van der Waals surface area contributed by atoms with E-state index in [9.17, 15) is 0 Å². The fraction of sp³-hybridized carbons (Fsp3) is 1.00. The van der Waals surface area contributed by atoms with Crippen molar-refractivity contribution >= 4 is 90.3 Å². The zero-order chi connectivity index (χ0) is 20.3. The highest BCUT2D eigenvalue weighted by molar-refractivity contribution is 9.09. The van der Waals surface area contributed by atoms with E-state index < -0.39 is 0 Å². The first-order valence-corrected chi connectivity index (χ1v) is 16.5. The lowest BCUT2D eigenvalue weighted by Crippen LogP contribution is -2.06. The Morgan fingerprint density at radius 3 is 1.41 bits per heavy atom. The topological polar surface area (TPSA) is 0 Å². The molecule has 0 heterocycles. The maximum atomic E-state index is 5.85. The van der Waals surface area contributed by atoms with Gasteiger partial charge < -0.3 is 0 Å². The van der Waals surface area contributed by atoms with Crippen LogP contribution in [-0.4, -0.2) is 55.9 Å². The van der Waals surface area contributed by atoms with E-state index in [1.54, 1.807) is 0 Å². The van der Waals surface area contributed by atoms with Gasteiger partial charge in [-0.2, -0.15) is 35.3 Å². The van der Waals surface area contributed by atoms with Gasteiger partial charge in [0.05, 0.1) is 0 Å². The fourth-order valence-electron chi connectivity index (χ4n) is 2.29. The Morgan fingerprint density at radius 1 is 0.630 bits per heavy atom. The quantitative estimate of drug-likeness (QED) is 0.101. The normalized spacial score (nSPS) is 16.2. The molecule has 0 spiro atoms. The average molecular weight is 605 g/mol. The highest BCUT2D eigenvalue weighted by Crippen LogP contribution is 2.21. The van der Waals surface area contributed by atoms with Gasteiger partial charge in [-0.3, -0.25) is 0 Å². The van der Waals surface area contributed by atoms with Crippen LogP contribution in [0.15, 0.2) is 0 Å². The van der Waals surface area contributed by atoms with Crippen LogP contribution in [0.2, 0.25) is 0 Å². The minimum atomic E-state index is 0.630. The van der Waals surface area contributed by atoms with Crippen molar-refractivity contribution in [3.63, 3.8) is 0 Å². The van der Waals surface area contributed by atoms with Gasteiger partial charge in [0.25, 0.3) is 0 Å². The van der Waals surface area contributed by atoms with Crippen molar-refractivity contribution in [2.45, 2.75) is 62.0 Å². The number of rotatable bonds is 20. The molecule has 0 N–H and O–H groups in total. The minimum Gasteiger partial charge on any atom is -0.162 e. The van der Waals surface area contributed by atoms with Gasteiger partial charge in [-0.15, -0.1) is 23.2 Å². The lowest BCUT2D eigenvalue weighted by Gasteiger charge is -2.12. The van der Waals surface area contributed by atoms with Crippen molar-refractivity contribution in [2.24, 2.45) is 11.8 Å². The molecule has 0 nitrogen and oxygen atoms in total. The van der Waals surface area contributed by atoms with Gasteiger partial charge in [0.15, 0.2) is 0 Å². The minimum absolute atomic E-state index is 0.630. The zero-order valence-electron chi connectivity index (χ0n) is 16.9. The van der Waals surface area contributed by atoms with Crippen molar-refractivity contribution in [2.75, 3.05) is 46.3 Å². The Hall–Kier alpha value is 2.59. The summed E-state index contributed by atoms with van der Waals surface area (Å²) < 4.78 is 0. The first-order valence-electron chi connectivity index (χ1n) is 10.1. The molecule has 7 heteroatoms. The molecule has 0 aliphatic rings. The van der Waals surface area contributed by atoms with Crippen LogP contribution in [0.5, 0.6) is 0 Å². The zero-order valence-corrected chi connectivity index (χ0v) is 24.1. The molecule has 0 saturated carbocycles. The molecular formula is C20H38Br2Cl2S3. The average Bonchev–Trinajstić information content (AvgIpc) is 2.66. The van der Waals surface area contributed by atoms with Gasteiger partial charge in [-0.05, 0) is 60.5 Å². The van der Waals surface area contributed by atoms with E-state index in [1.165, 1.54) is 73.0 Å². The summed E-state index contributed by atoms with van der Waals surface area (Å²) in [7, 11) is 0. The summed E-state index contributed by atoms with van der Waals surface area (Å²) in [5.41, 5.74) is 0. The van der Waals surface area contributed by atoms with Gasteiger partial charge in [0, 0.05) is 32.9 Å². The van der Waals surface area contributed by atoms with E-state index in [0.717, 1.165) is 11.8 Å². The van der Waals surface area contributed by atoms with Crippen LogP contribution >= 0.6 is 90.3 Å². The third kappa shape index (κ3) is 21.6. The van der Waals surface area contributed by atoms with Crippen LogP contribution in [0, 0.1) is 11.8 Å². The standard InChI is InChI=1S/C20H38Br2Cl2S3/c1-17(11-23)13-26-15-19(21)7-3-5-9-25-10-6-4-8-20(22)16-27-14-18(2)12-24/h17-20H,3-16H2,1-2H3. The third-order valence-electron chi connectivity index (χ3n) is 4.04. The Labute approximate surface area is 208 Å². The lowest BCUT2D eigenvalue weighted by molar-refractivity contribution is 0.718. The Bertz CT molecular complexity index is 287. The molecule has 0 fully saturated rings. The molecule has 27 heavy (non-hydrogen) atoms. The fourth-order valence-corrected chi connectivity index (χ4v) is 7.72. The molecule has 0 saturated heterocycles. The van der Waals surface area contributed by atoms with Crippen molar-refractivity contribution in [1.29, 1.82) is 0 Å². The van der Waals surface area contributed by atoms with Gasteiger partial charge in [0.2, 0.25) is 0 Å². The van der Waals surface area contributed by atoms with Crippen LogP contribution in [-0.2, 0) is 0 Å². The molecule has 0 aromatic rings. The van der Waals surface area contributed by atoms with E-state index in [0.29, 0.717) is 21.5 Å². The van der Waals surface area contributed by atoms with Gasteiger partial charge in [-0.25, -0.2) is 0 Å². The summed E-state index contributed by atoms with van der Waals surface area (Å²) in [5, 5.41) is 0. The van der Waals surface area contributed by atoms with E-state index in [2.05, 4.69) is 57.5 Å². The molecule has 0 rings (SSSR count).